The van der Waals surface area contributed by atoms with Gasteiger partial charge in [0.2, 0.25) is 0 Å². The van der Waals surface area contributed by atoms with Crippen molar-refractivity contribution in [3.63, 3.8) is 0 Å². The molecule has 1 aliphatic rings. The van der Waals surface area contributed by atoms with Crippen LogP contribution in [-0.2, 0) is 9.53 Å². The monoisotopic (exact) mass is 201 g/mol. The summed E-state index contributed by atoms with van der Waals surface area (Å²) < 4.78 is 5.27. The molecule has 1 heterocycles. The van der Waals surface area contributed by atoms with E-state index in [1.165, 1.54) is 0 Å². The van der Waals surface area contributed by atoms with Gasteiger partial charge in [-0.05, 0) is 19.4 Å². The SMILES string of the molecule is CCCNC(CC(=O)O)C1CCOC1. The third kappa shape index (κ3) is 3.64. The third-order valence-corrected chi connectivity index (χ3v) is 2.59. The van der Waals surface area contributed by atoms with E-state index in [0.29, 0.717) is 12.5 Å². The Balaban J connectivity index is 2.37. The van der Waals surface area contributed by atoms with Crippen molar-refractivity contribution in [1.29, 1.82) is 0 Å². The van der Waals surface area contributed by atoms with E-state index in [0.717, 1.165) is 26.0 Å². The van der Waals surface area contributed by atoms with Gasteiger partial charge in [-0.2, -0.15) is 0 Å². The molecule has 0 radical (unpaired) electrons. The van der Waals surface area contributed by atoms with Crippen molar-refractivity contribution in [2.45, 2.75) is 32.2 Å². The van der Waals surface area contributed by atoms with Crippen LogP contribution >= 0.6 is 0 Å². The summed E-state index contributed by atoms with van der Waals surface area (Å²) in [4.78, 5) is 10.6. The maximum atomic E-state index is 10.6. The van der Waals surface area contributed by atoms with Gasteiger partial charge in [0.05, 0.1) is 13.0 Å². The van der Waals surface area contributed by atoms with Gasteiger partial charge in [-0.3, -0.25) is 4.79 Å². The van der Waals surface area contributed by atoms with E-state index < -0.39 is 5.97 Å². The van der Waals surface area contributed by atoms with Crippen LogP contribution in [-0.4, -0.2) is 36.9 Å². The molecule has 0 amide bonds. The Labute approximate surface area is 84.6 Å². The molecule has 0 bridgehead atoms. The molecule has 0 aromatic carbocycles. The predicted octanol–water partition coefficient (Wildman–Crippen LogP) is 0.866. The van der Waals surface area contributed by atoms with E-state index in [2.05, 4.69) is 12.2 Å². The molecule has 1 saturated heterocycles. The summed E-state index contributed by atoms with van der Waals surface area (Å²) in [5, 5.41) is 12.0. The van der Waals surface area contributed by atoms with Crippen molar-refractivity contribution in [2.24, 2.45) is 5.92 Å². The number of rotatable bonds is 6. The second-order valence-corrected chi connectivity index (χ2v) is 3.78. The number of hydrogen-bond donors (Lipinski definition) is 2. The minimum atomic E-state index is -0.731. The Morgan fingerprint density at radius 1 is 1.71 bits per heavy atom. The fourth-order valence-corrected chi connectivity index (χ4v) is 1.79. The van der Waals surface area contributed by atoms with Crippen molar-refractivity contribution in [3.05, 3.63) is 0 Å². The number of carbonyl (C=O) groups is 1. The molecule has 2 unspecified atom stereocenters. The minimum absolute atomic E-state index is 0.0787. The fraction of sp³-hybridized carbons (Fsp3) is 0.900. The van der Waals surface area contributed by atoms with E-state index in [4.69, 9.17) is 9.84 Å². The Kier molecular flexibility index (Phi) is 4.90. The molecule has 4 nitrogen and oxygen atoms in total. The highest BCUT2D eigenvalue weighted by atomic mass is 16.5. The van der Waals surface area contributed by atoms with E-state index in [1.807, 2.05) is 0 Å². The molecular weight excluding hydrogens is 182 g/mol. The highest BCUT2D eigenvalue weighted by Crippen LogP contribution is 2.18. The van der Waals surface area contributed by atoms with Crippen molar-refractivity contribution < 1.29 is 14.6 Å². The quantitative estimate of drug-likeness (QED) is 0.669. The van der Waals surface area contributed by atoms with Crippen molar-refractivity contribution in [2.75, 3.05) is 19.8 Å². The number of ether oxygens (including phenoxy) is 1. The average molecular weight is 201 g/mol. The number of nitrogens with one attached hydrogen (secondary N) is 1. The number of aliphatic carboxylic acids is 1. The van der Waals surface area contributed by atoms with Crippen LogP contribution in [0.25, 0.3) is 0 Å². The Bertz CT molecular complexity index is 178. The van der Waals surface area contributed by atoms with Gasteiger partial charge in [0.15, 0.2) is 0 Å². The van der Waals surface area contributed by atoms with Crippen LogP contribution in [0.2, 0.25) is 0 Å². The molecule has 0 saturated carbocycles. The predicted molar refractivity (Wildman–Crippen MR) is 53.3 cm³/mol. The molecule has 0 aliphatic carbocycles. The van der Waals surface area contributed by atoms with Gasteiger partial charge in [-0.25, -0.2) is 0 Å². The van der Waals surface area contributed by atoms with E-state index in [1.54, 1.807) is 0 Å². The topological polar surface area (TPSA) is 58.6 Å². The average Bonchev–Trinajstić information content (AvgIpc) is 2.64. The van der Waals surface area contributed by atoms with Gasteiger partial charge < -0.3 is 15.2 Å². The molecule has 2 atom stereocenters. The normalized spacial score (nSPS) is 23.6. The minimum Gasteiger partial charge on any atom is -0.481 e. The lowest BCUT2D eigenvalue weighted by atomic mass is 9.96. The van der Waals surface area contributed by atoms with Gasteiger partial charge in [0, 0.05) is 18.6 Å². The summed E-state index contributed by atoms with van der Waals surface area (Å²) >= 11 is 0. The van der Waals surface area contributed by atoms with Gasteiger partial charge >= 0.3 is 5.97 Å². The van der Waals surface area contributed by atoms with Crippen molar-refractivity contribution in [1.82, 2.24) is 5.32 Å². The lowest BCUT2D eigenvalue weighted by Crippen LogP contribution is -2.38. The van der Waals surface area contributed by atoms with Crippen molar-refractivity contribution in [3.8, 4) is 0 Å². The Hall–Kier alpha value is -0.610. The summed E-state index contributed by atoms with van der Waals surface area (Å²) in [7, 11) is 0. The zero-order valence-electron chi connectivity index (χ0n) is 8.66. The van der Waals surface area contributed by atoms with Crippen LogP contribution < -0.4 is 5.32 Å². The molecule has 2 N–H and O–H groups in total. The zero-order valence-corrected chi connectivity index (χ0v) is 8.66. The molecular formula is C10H19NO3. The molecule has 4 heteroatoms. The van der Waals surface area contributed by atoms with Crippen LogP contribution in [0.1, 0.15) is 26.2 Å². The summed E-state index contributed by atoms with van der Waals surface area (Å²) in [6.07, 6.45) is 2.21. The summed E-state index contributed by atoms with van der Waals surface area (Å²) in [6.45, 7) is 4.44. The van der Waals surface area contributed by atoms with E-state index in [-0.39, 0.29) is 12.5 Å². The first-order chi connectivity index (χ1) is 6.74. The van der Waals surface area contributed by atoms with Gasteiger partial charge in [0.1, 0.15) is 0 Å². The molecule has 0 aromatic rings. The van der Waals surface area contributed by atoms with E-state index >= 15 is 0 Å². The molecule has 0 aromatic heterocycles. The lowest BCUT2D eigenvalue weighted by molar-refractivity contribution is -0.137. The fourth-order valence-electron chi connectivity index (χ4n) is 1.79. The summed E-state index contributed by atoms with van der Waals surface area (Å²) in [5.41, 5.74) is 0. The van der Waals surface area contributed by atoms with Crippen LogP contribution in [0.5, 0.6) is 0 Å². The molecule has 1 fully saturated rings. The molecule has 82 valence electrons. The van der Waals surface area contributed by atoms with Gasteiger partial charge in [0.25, 0.3) is 0 Å². The standard InChI is InChI=1S/C10H19NO3/c1-2-4-11-9(6-10(12)13)8-3-5-14-7-8/h8-9,11H,2-7H2,1H3,(H,12,13). The van der Waals surface area contributed by atoms with Crippen LogP contribution in [0.3, 0.4) is 0 Å². The number of carboxylic acids is 1. The first kappa shape index (κ1) is 11.5. The number of hydrogen-bond acceptors (Lipinski definition) is 3. The first-order valence-electron chi connectivity index (χ1n) is 5.27. The third-order valence-electron chi connectivity index (χ3n) is 2.59. The van der Waals surface area contributed by atoms with Crippen LogP contribution in [0, 0.1) is 5.92 Å². The van der Waals surface area contributed by atoms with Gasteiger partial charge in [-0.15, -0.1) is 0 Å². The lowest BCUT2D eigenvalue weighted by Gasteiger charge is -2.21. The molecule has 1 aliphatic heterocycles. The van der Waals surface area contributed by atoms with Crippen LogP contribution in [0.4, 0.5) is 0 Å². The van der Waals surface area contributed by atoms with Crippen molar-refractivity contribution >= 4 is 5.97 Å². The zero-order chi connectivity index (χ0) is 10.4. The maximum absolute atomic E-state index is 10.6. The number of carboxylic acid groups (broad SMARTS) is 1. The van der Waals surface area contributed by atoms with E-state index in [9.17, 15) is 4.79 Å². The van der Waals surface area contributed by atoms with Crippen LogP contribution in [0.15, 0.2) is 0 Å². The highest BCUT2D eigenvalue weighted by molar-refractivity contribution is 5.67. The Morgan fingerprint density at radius 2 is 2.50 bits per heavy atom. The van der Waals surface area contributed by atoms with Gasteiger partial charge in [-0.1, -0.05) is 6.92 Å². The second kappa shape index (κ2) is 5.98. The highest BCUT2D eigenvalue weighted by Gasteiger charge is 2.26. The first-order valence-corrected chi connectivity index (χ1v) is 5.27. The summed E-state index contributed by atoms with van der Waals surface area (Å²) in [6, 6.07) is 0.0787. The largest absolute Gasteiger partial charge is 0.481 e. The smallest absolute Gasteiger partial charge is 0.304 e. The maximum Gasteiger partial charge on any atom is 0.304 e. The second-order valence-electron chi connectivity index (χ2n) is 3.78. The molecule has 1 rings (SSSR count). The Morgan fingerprint density at radius 3 is 3.00 bits per heavy atom. The summed E-state index contributed by atoms with van der Waals surface area (Å²) in [5.74, 6) is -0.358. The molecule has 0 spiro atoms. The molecule has 14 heavy (non-hydrogen) atoms.